The van der Waals surface area contributed by atoms with Crippen LogP contribution in [-0.4, -0.2) is 34.1 Å². The number of hydrogen-bond acceptors (Lipinski definition) is 4. The summed E-state index contributed by atoms with van der Waals surface area (Å²) in [4.78, 5) is 12.0. The molecule has 0 saturated heterocycles. The second-order valence-electron chi connectivity index (χ2n) is 7.23. The number of amides is 1. The van der Waals surface area contributed by atoms with Crippen LogP contribution in [0.3, 0.4) is 0 Å². The highest BCUT2D eigenvalue weighted by Gasteiger charge is 2.16. The SMILES string of the molecule is CC(C)COCCCNC(=O)Cc1ccc(NS(=O)(=O)c2ccc(Cl)c(Cl)c2)cc1. The lowest BCUT2D eigenvalue weighted by Crippen LogP contribution is -2.27. The highest BCUT2D eigenvalue weighted by molar-refractivity contribution is 7.92. The lowest BCUT2D eigenvalue weighted by molar-refractivity contribution is -0.120. The van der Waals surface area contributed by atoms with Crippen molar-refractivity contribution in [3.63, 3.8) is 0 Å². The number of carbonyl (C=O) groups is 1. The van der Waals surface area contributed by atoms with Gasteiger partial charge in [-0.1, -0.05) is 49.2 Å². The number of hydrogen-bond donors (Lipinski definition) is 2. The van der Waals surface area contributed by atoms with Gasteiger partial charge < -0.3 is 10.1 Å². The predicted octanol–water partition coefficient (Wildman–Crippen LogP) is 4.52. The number of nitrogens with one attached hydrogen (secondary N) is 2. The summed E-state index contributed by atoms with van der Waals surface area (Å²) >= 11 is 11.7. The van der Waals surface area contributed by atoms with Crippen LogP contribution in [0, 0.1) is 5.92 Å². The summed E-state index contributed by atoms with van der Waals surface area (Å²) in [5.41, 5.74) is 1.16. The molecule has 164 valence electrons. The van der Waals surface area contributed by atoms with Crippen molar-refractivity contribution in [3.8, 4) is 0 Å². The number of ether oxygens (including phenoxy) is 1. The van der Waals surface area contributed by atoms with Crippen LogP contribution in [0.2, 0.25) is 10.0 Å². The van der Waals surface area contributed by atoms with Crippen molar-refractivity contribution in [2.45, 2.75) is 31.6 Å². The molecular formula is C21H26Cl2N2O4S. The molecule has 9 heteroatoms. The van der Waals surface area contributed by atoms with Crippen LogP contribution in [0.25, 0.3) is 0 Å². The van der Waals surface area contributed by atoms with Crippen molar-refractivity contribution in [2.24, 2.45) is 5.92 Å². The molecule has 2 N–H and O–H groups in total. The third-order valence-electron chi connectivity index (χ3n) is 4.01. The molecule has 0 heterocycles. The van der Waals surface area contributed by atoms with E-state index in [1.807, 2.05) is 0 Å². The predicted molar refractivity (Wildman–Crippen MR) is 121 cm³/mol. The van der Waals surface area contributed by atoms with Gasteiger partial charge in [0.05, 0.1) is 21.4 Å². The Hall–Kier alpha value is -1.80. The Labute approximate surface area is 188 Å². The van der Waals surface area contributed by atoms with Crippen LogP contribution in [0.1, 0.15) is 25.8 Å². The minimum atomic E-state index is -3.80. The van der Waals surface area contributed by atoms with Crippen LogP contribution in [0.4, 0.5) is 5.69 Å². The van der Waals surface area contributed by atoms with Gasteiger partial charge in [0.15, 0.2) is 0 Å². The number of rotatable bonds is 11. The van der Waals surface area contributed by atoms with E-state index in [0.29, 0.717) is 24.8 Å². The van der Waals surface area contributed by atoms with Gasteiger partial charge in [0.2, 0.25) is 5.91 Å². The first-order valence-electron chi connectivity index (χ1n) is 9.58. The maximum atomic E-state index is 12.5. The van der Waals surface area contributed by atoms with E-state index in [4.69, 9.17) is 27.9 Å². The van der Waals surface area contributed by atoms with E-state index >= 15 is 0 Å². The lowest BCUT2D eigenvalue weighted by Gasteiger charge is -2.10. The molecule has 1 amide bonds. The summed E-state index contributed by atoms with van der Waals surface area (Å²) in [6, 6.07) is 10.7. The van der Waals surface area contributed by atoms with Gasteiger partial charge >= 0.3 is 0 Å². The Morgan fingerprint density at radius 1 is 1.07 bits per heavy atom. The Balaban J connectivity index is 1.83. The van der Waals surface area contributed by atoms with Crippen molar-refractivity contribution in [3.05, 3.63) is 58.1 Å². The summed E-state index contributed by atoms with van der Waals surface area (Å²) in [7, 11) is -3.80. The molecule has 0 atom stereocenters. The first kappa shape index (κ1) is 24.5. The second kappa shape index (κ2) is 11.6. The van der Waals surface area contributed by atoms with Crippen LogP contribution < -0.4 is 10.0 Å². The van der Waals surface area contributed by atoms with Gasteiger partial charge in [-0.2, -0.15) is 0 Å². The largest absolute Gasteiger partial charge is 0.381 e. The van der Waals surface area contributed by atoms with E-state index < -0.39 is 10.0 Å². The molecule has 30 heavy (non-hydrogen) atoms. The zero-order valence-electron chi connectivity index (χ0n) is 17.0. The zero-order valence-corrected chi connectivity index (χ0v) is 19.3. The Kier molecular flexibility index (Phi) is 9.42. The molecule has 0 aliphatic carbocycles. The first-order valence-corrected chi connectivity index (χ1v) is 11.8. The third kappa shape index (κ3) is 8.14. The normalized spacial score (nSPS) is 11.5. The van der Waals surface area contributed by atoms with Gasteiger partial charge in [-0.3, -0.25) is 9.52 Å². The molecule has 0 radical (unpaired) electrons. The number of anilines is 1. The Morgan fingerprint density at radius 3 is 2.40 bits per heavy atom. The van der Waals surface area contributed by atoms with E-state index in [-0.39, 0.29) is 27.3 Å². The standard InChI is InChI=1S/C21H26Cl2N2O4S/c1-15(2)14-29-11-3-10-24-21(26)12-16-4-6-17(7-5-16)25-30(27,28)18-8-9-19(22)20(23)13-18/h4-9,13,15,25H,3,10-12,14H2,1-2H3,(H,24,26). The maximum absolute atomic E-state index is 12.5. The van der Waals surface area contributed by atoms with E-state index in [1.165, 1.54) is 18.2 Å². The minimum absolute atomic E-state index is 0.0118. The number of carbonyl (C=O) groups excluding carboxylic acids is 1. The van der Waals surface area contributed by atoms with Crippen molar-refractivity contribution < 1.29 is 17.9 Å². The molecule has 0 aromatic heterocycles. The highest BCUT2D eigenvalue weighted by Crippen LogP contribution is 2.26. The fourth-order valence-corrected chi connectivity index (χ4v) is 3.96. The second-order valence-corrected chi connectivity index (χ2v) is 9.72. The molecule has 0 spiro atoms. The van der Waals surface area contributed by atoms with Gasteiger partial charge in [-0.05, 0) is 48.2 Å². The molecule has 6 nitrogen and oxygen atoms in total. The average Bonchev–Trinajstić information content (AvgIpc) is 2.67. The van der Waals surface area contributed by atoms with Crippen molar-refractivity contribution >= 4 is 44.8 Å². The number of benzene rings is 2. The molecular weight excluding hydrogens is 447 g/mol. The van der Waals surface area contributed by atoms with Gasteiger partial charge in [0.1, 0.15) is 0 Å². The topological polar surface area (TPSA) is 84.5 Å². The molecule has 0 bridgehead atoms. The van der Waals surface area contributed by atoms with Crippen LogP contribution in [-0.2, 0) is 26.0 Å². The van der Waals surface area contributed by atoms with Crippen LogP contribution in [0.5, 0.6) is 0 Å². The molecule has 0 unspecified atom stereocenters. The molecule has 0 fully saturated rings. The van der Waals surface area contributed by atoms with Gasteiger partial charge in [-0.15, -0.1) is 0 Å². The summed E-state index contributed by atoms with van der Waals surface area (Å²) in [5.74, 6) is 0.402. The summed E-state index contributed by atoms with van der Waals surface area (Å²) < 4.78 is 32.9. The summed E-state index contributed by atoms with van der Waals surface area (Å²) in [6.45, 7) is 6.07. The quantitative estimate of drug-likeness (QED) is 0.470. The van der Waals surface area contributed by atoms with E-state index in [1.54, 1.807) is 24.3 Å². The minimum Gasteiger partial charge on any atom is -0.381 e. The number of halogens is 2. The first-order chi connectivity index (χ1) is 14.2. The Morgan fingerprint density at radius 2 is 1.77 bits per heavy atom. The van der Waals surface area contributed by atoms with E-state index in [9.17, 15) is 13.2 Å². The van der Waals surface area contributed by atoms with Crippen molar-refractivity contribution in [1.82, 2.24) is 5.32 Å². The average molecular weight is 473 g/mol. The van der Waals surface area contributed by atoms with Crippen LogP contribution in [0.15, 0.2) is 47.4 Å². The lowest BCUT2D eigenvalue weighted by atomic mass is 10.1. The molecule has 2 aromatic carbocycles. The molecule has 2 aromatic rings. The van der Waals surface area contributed by atoms with E-state index in [2.05, 4.69) is 23.9 Å². The third-order valence-corrected chi connectivity index (χ3v) is 6.13. The number of sulfonamides is 1. The molecule has 0 aliphatic rings. The van der Waals surface area contributed by atoms with Gasteiger partial charge in [0.25, 0.3) is 10.0 Å². The van der Waals surface area contributed by atoms with Crippen molar-refractivity contribution in [1.29, 1.82) is 0 Å². The fraction of sp³-hybridized carbons (Fsp3) is 0.381. The summed E-state index contributed by atoms with van der Waals surface area (Å²) in [6.07, 6.45) is 0.973. The fourth-order valence-electron chi connectivity index (χ4n) is 2.52. The van der Waals surface area contributed by atoms with E-state index in [0.717, 1.165) is 18.6 Å². The molecule has 2 rings (SSSR count). The highest BCUT2D eigenvalue weighted by atomic mass is 35.5. The molecule has 0 saturated carbocycles. The van der Waals surface area contributed by atoms with Crippen molar-refractivity contribution in [2.75, 3.05) is 24.5 Å². The van der Waals surface area contributed by atoms with Gasteiger partial charge in [0, 0.05) is 25.4 Å². The Bertz CT molecular complexity index is 948. The molecule has 0 aliphatic heterocycles. The zero-order chi connectivity index (χ0) is 22.1. The maximum Gasteiger partial charge on any atom is 0.261 e. The smallest absolute Gasteiger partial charge is 0.261 e. The van der Waals surface area contributed by atoms with Crippen LogP contribution >= 0.6 is 23.2 Å². The van der Waals surface area contributed by atoms with Gasteiger partial charge in [-0.25, -0.2) is 8.42 Å². The summed E-state index contributed by atoms with van der Waals surface area (Å²) in [5, 5.41) is 3.29. The monoisotopic (exact) mass is 472 g/mol.